The number of halogens is 1. The number of benzene rings is 1. The zero-order valence-electron chi connectivity index (χ0n) is 15.6. The minimum absolute atomic E-state index is 0.0434. The van der Waals surface area contributed by atoms with Crippen molar-refractivity contribution in [3.63, 3.8) is 0 Å². The fourth-order valence-electron chi connectivity index (χ4n) is 2.82. The molecule has 0 atom stereocenters. The second kappa shape index (κ2) is 8.30. The normalized spacial score (nSPS) is 11.7. The minimum atomic E-state index is -3.73. The Labute approximate surface area is 169 Å². The van der Waals surface area contributed by atoms with Gasteiger partial charge in [-0.1, -0.05) is 11.6 Å². The van der Waals surface area contributed by atoms with Gasteiger partial charge in [-0.25, -0.2) is 18.1 Å². The lowest BCUT2D eigenvalue weighted by Crippen LogP contribution is -2.30. The van der Waals surface area contributed by atoms with Crippen LogP contribution in [0.5, 0.6) is 0 Å². The third-order valence-corrected chi connectivity index (χ3v) is 6.01. The fourth-order valence-corrected chi connectivity index (χ4v) is 3.99. The van der Waals surface area contributed by atoms with E-state index in [9.17, 15) is 13.2 Å². The van der Waals surface area contributed by atoms with E-state index in [0.29, 0.717) is 35.0 Å². The van der Waals surface area contributed by atoms with Crippen LogP contribution in [0.4, 0.5) is 0 Å². The Balaban J connectivity index is 1.72. The number of imidazole rings is 1. The third-order valence-electron chi connectivity index (χ3n) is 4.37. The van der Waals surface area contributed by atoms with Crippen molar-refractivity contribution in [2.45, 2.75) is 25.3 Å². The summed E-state index contributed by atoms with van der Waals surface area (Å²) in [5.41, 5.74) is 1.71. The van der Waals surface area contributed by atoms with Crippen LogP contribution in [0.2, 0.25) is 5.02 Å². The Morgan fingerprint density at radius 2 is 1.79 bits per heavy atom. The number of amides is 1. The van der Waals surface area contributed by atoms with E-state index in [1.807, 2.05) is 13.8 Å². The maximum atomic E-state index is 12.5. The third kappa shape index (κ3) is 4.35. The average Bonchev–Trinajstić information content (AvgIpc) is 3.09. The van der Waals surface area contributed by atoms with Crippen molar-refractivity contribution < 1.29 is 13.2 Å². The molecule has 3 rings (SSSR count). The molecule has 3 aromatic rings. The Bertz CT molecular complexity index is 1090. The molecule has 2 aromatic heterocycles. The SMILES string of the molecule is CCN(CC)C(=O)c1ccc(S(=O)(=O)NCc2cn3cc(Cl)ccc3n2)cc1. The number of carbonyl (C=O) groups is 1. The summed E-state index contributed by atoms with van der Waals surface area (Å²) >= 11 is 5.94. The van der Waals surface area contributed by atoms with Crippen LogP contribution >= 0.6 is 11.6 Å². The van der Waals surface area contributed by atoms with Gasteiger partial charge in [0.25, 0.3) is 5.91 Å². The number of hydrogen-bond acceptors (Lipinski definition) is 4. The summed E-state index contributed by atoms with van der Waals surface area (Å²) in [5.74, 6) is -0.120. The smallest absolute Gasteiger partial charge is 0.253 e. The summed E-state index contributed by atoms with van der Waals surface area (Å²) in [6.45, 7) is 5.04. The second-order valence-electron chi connectivity index (χ2n) is 6.17. The Morgan fingerprint density at radius 3 is 2.43 bits per heavy atom. The largest absolute Gasteiger partial charge is 0.339 e. The molecular formula is C19H21ClN4O3S. The van der Waals surface area contributed by atoms with E-state index in [2.05, 4.69) is 9.71 Å². The van der Waals surface area contributed by atoms with Crippen molar-refractivity contribution in [3.8, 4) is 0 Å². The molecule has 0 fully saturated rings. The van der Waals surface area contributed by atoms with Crippen molar-refractivity contribution in [1.82, 2.24) is 19.0 Å². The molecule has 0 spiro atoms. The number of aromatic nitrogens is 2. The summed E-state index contributed by atoms with van der Waals surface area (Å²) < 4.78 is 29.3. The number of fused-ring (bicyclic) bond motifs is 1. The lowest BCUT2D eigenvalue weighted by atomic mass is 10.2. The molecule has 0 aliphatic carbocycles. The van der Waals surface area contributed by atoms with E-state index in [1.165, 1.54) is 24.3 Å². The molecule has 0 saturated carbocycles. The lowest BCUT2D eigenvalue weighted by molar-refractivity contribution is 0.0773. The highest BCUT2D eigenvalue weighted by Gasteiger charge is 2.17. The highest BCUT2D eigenvalue weighted by Crippen LogP contribution is 2.14. The number of sulfonamides is 1. The van der Waals surface area contributed by atoms with E-state index in [0.717, 1.165) is 0 Å². The topological polar surface area (TPSA) is 83.8 Å². The van der Waals surface area contributed by atoms with Crippen LogP contribution in [0.15, 0.2) is 53.7 Å². The van der Waals surface area contributed by atoms with Crippen molar-refractivity contribution in [3.05, 3.63) is 65.1 Å². The van der Waals surface area contributed by atoms with Crippen LogP contribution in [-0.4, -0.2) is 41.7 Å². The Morgan fingerprint density at radius 1 is 1.11 bits per heavy atom. The molecule has 9 heteroatoms. The number of nitrogens with zero attached hydrogens (tertiary/aromatic N) is 3. The standard InChI is InChI=1S/C19H21ClN4O3S/c1-3-23(4-2)19(25)14-5-8-17(9-6-14)28(26,27)21-11-16-13-24-12-15(20)7-10-18(24)22-16/h5-10,12-13,21H,3-4,11H2,1-2H3. The fraction of sp³-hybridized carbons (Fsp3) is 0.263. The van der Waals surface area contributed by atoms with E-state index in [1.54, 1.807) is 33.8 Å². The summed E-state index contributed by atoms with van der Waals surface area (Å²) in [6, 6.07) is 9.40. The molecule has 0 radical (unpaired) electrons. The van der Waals surface area contributed by atoms with Gasteiger partial charge < -0.3 is 9.30 Å². The molecule has 0 bridgehead atoms. The van der Waals surface area contributed by atoms with Crippen molar-refractivity contribution in [2.75, 3.05) is 13.1 Å². The molecule has 0 unspecified atom stereocenters. The molecule has 2 heterocycles. The summed E-state index contributed by atoms with van der Waals surface area (Å²) in [5, 5.41) is 0.566. The van der Waals surface area contributed by atoms with Gasteiger partial charge in [0, 0.05) is 31.0 Å². The highest BCUT2D eigenvalue weighted by molar-refractivity contribution is 7.89. The first-order valence-electron chi connectivity index (χ1n) is 8.86. The molecular weight excluding hydrogens is 400 g/mol. The zero-order chi connectivity index (χ0) is 20.3. The Kier molecular flexibility index (Phi) is 6.02. The number of nitrogens with one attached hydrogen (secondary N) is 1. The van der Waals surface area contributed by atoms with Crippen LogP contribution in [0.3, 0.4) is 0 Å². The predicted molar refractivity (Wildman–Crippen MR) is 108 cm³/mol. The van der Waals surface area contributed by atoms with Crippen LogP contribution < -0.4 is 4.72 Å². The number of carbonyl (C=O) groups excluding carboxylic acids is 1. The predicted octanol–water partition coefficient (Wildman–Crippen LogP) is 2.95. The molecule has 1 N–H and O–H groups in total. The average molecular weight is 421 g/mol. The molecule has 7 nitrogen and oxygen atoms in total. The van der Waals surface area contributed by atoms with E-state index in [-0.39, 0.29) is 17.3 Å². The zero-order valence-corrected chi connectivity index (χ0v) is 17.2. The first-order valence-corrected chi connectivity index (χ1v) is 10.7. The van der Waals surface area contributed by atoms with Gasteiger partial charge >= 0.3 is 0 Å². The van der Waals surface area contributed by atoms with Crippen molar-refractivity contribution in [1.29, 1.82) is 0 Å². The first kappa shape index (κ1) is 20.3. The maximum Gasteiger partial charge on any atom is 0.253 e. The van der Waals surface area contributed by atoms with Gasteiger partial charge in [0.05, 0.1) is 22.2 Å². The summed E-state index contributed by atoms with van der Waals surface area (Å²) in [7, 11) is -3.73. The lowest BCUT2D eigenvalue weighted by Gasteiger charge is -2.18. The molecule has 1 amide bonds. The van der Waals surface area contributed by atoms with Gasteiger partial charge in [-0.2, -0.15) is 0 Å². The quantitative estimate of drug-likeness (QED) is 0.636. The highest BCUT2D eigenvalue weighted by atomic mass is 35.5. The maximum absolute atomic E-state index is 12.5. The van der Waals surface area contributed by atoms with Crippen molar-refractivity contribution >= 4 is 33.2 Å². The van der Waals surface area contributed by atoms with Crippen molar-refractivity contribution in [2.24, 2.45) is 0 Å². The number of hydrogen-bond donors (Lipinski definition) is 1. The van der Waals surface area contributed by atoms with E-state index < -0.39 is 10.0 Å². The molecule has 0 aliphatic heterocycles. The van der Waals surface area contributed by atoms with E-state index in [4.69, 9.17) is 11.6 Å². The van der Waals surface area contributed by atoms with Gasteiger partial charge in [-0.05, 0) is 50.2 Å². The van der Waals surface area contributed by atoms with Gasteiger partial charge in [0.2, 0.25) is 10.0 Å². The molecule has 0 aliphatic rings. The van der Waals surface area contributed by atoms with Crippen LogP contribution in [-0.2, 0) is 16.6 Å². The van der Waals surface area contributed by atoms with Crippen LogP contribution in [0, 0.1) is 0 Å². The molecule has 28 heavy (non-hydrogen) atoms. The van der Waals surface area contributed by atoms with Gasteiger partial charge in [-0.15, -0.1) is 0 Å². The Hall–Kier alpha value is -2.42. The first-order chi connectivity index (χ1) is 13.3. The number of rotatable bonds is 7. The van der Waals surface area contributed by atoms with Crippen LogP contribution in [0.25, 0.3) is 5.65 Å². The molecule has 0 saturated heterocycles. The molecule has 148 valence electrons. The van der Waals surface area contributed by atoms with Crippen LogP contribution in [0.1, 0.15) is 29.9 Å². The monoisotopic (exact) mass is 420 g/mol. The molecule has 1 aromatic carbocycles. The van der Waals surface area contributed by atoms with E-state index >= 15 is 0 Å². The second-order valence-corrected chi connectivity index (χ2v) is 8.37. The minimum Gasteiger partial charge on any atom is -0.339 e. The summed E-state index contributed by atoms with van der Waals surface area (Å²) in [6.07, 6.45) is 3.42. The van der Waals surface area contributed by atoms with Gasteiger partial charge in [0.15, 0.2) is 0 Å². The van der Waals surface area contributed by atoms with Gasteiger partial charge in [0.1, 0.15) is 5.65 Å². The summed E-state index contributed by atoms with van der Waals surface area (Å²) in [4.78, 5) is 18.5. The number of pyridine rings is 1. The van der Waals surface area contributed by atoms with Gasteiger partial charge in [-0.3, -0.25) is 4.79 Å².